The zero-order valence-electron chi connectivity index (χ0n) is 17.8. The molecule has 0 aliphatic carbocycles. The molecule has 0 radical (unpaired) electrons. The predicted octanol–water partition coefficient (Wildman–Crippen LogP) is 5.92. The summed E-state index contributed by atoms with van der Waals surface area (Å²) in [5, 5.41) is 13.7. The number of nitrogens with zero attached hydrogens (tertiary/aromatic N) is 3. The number of rotatable bonds is 7. The Kier molecular flexibility index (Phi) is 6.63. The van der Waals surface area contributed by atoms with Crippen LogP contribution < -0.4 is 5.32 Å². The van der Waals surface area contributed by atoms with Gasteiger partial charge in [-0.1, -0.05) is 74.1 Å². The molecule has 1 N–H and O–H groups in total. The molecule has 158 valence electrons. The quantitative estimate of drug-likeness (QED) is 0.356. The second kappa shape index (κ2) is 9.58. The summed E-state index contributed by atoms with van der Waals surface area (Å²) in [6.45, 7) is 6.18. The number of anilines is 1. The first-order chi connectivity index (χ1) is 15.1. The second-order valence-corrected chi connectivity index (χ2v) is 9.29. The van der Waals surface area contributed by atoms with E-state index in [1.54, 1.807) is 11.3 Å². The Bertz CT molecular complexity index is 1200. The van der Waals surface area contributed by atoms with Crippen LogP contribution in [0.5, 0.6) is 0 Å². The van der Waals surface area contributed by atoms with Crippen molar-refractivity contribution in [2.45, 2.75) is 38.6 Å². The van der Waals surface area contributed by atoms with Gasteiger partial charge in [0.2, 0.25) is 5.91 Å². The molecule has 5 nitrogen and oxygen atoms in total. The first kappa shape index (κ1) is 21.5. The fourth-order valence-corrected chi connectivity index (χ4v) is 5.23. The molecule has 4 aromatic rings. The van der Waals surface area contributed by atoms with Gasteiger partial charge in [-0.25, -0.2) is 4.98 Å². The average Bonchev–Trinajstić information content (AvgIpc) is 3.19. The zero-order chi connectivity index (χ0) is 21.8. The molecule has 0 unspecified atom stereocenters. The summed E-state index contributed by atoms with van der Waals surface area (Å²) in [5.41, 5.74) is 5.92. The maximum Gasteiger partial charge on any atom is 0.234 e. The molecule has 4 rings (SSSR count). The van der Waals surface area contributed by atoms with Crippen molar-refractivity contribution in [1.82, 2.24) is 15.2 Å². The molecule has 0 bridgehead atoms. The van der Waals surface area contributed by atoms with Gasteiger partial charge in [-0.2, -0.15) is 0 Å². The first-order valence-corrected chi connectivity index (χ1v) is 12.1. The molecule has 0 saturated carbocycles. The highest BCUT2D eigenvalue weighted by Gasteiger charge is 2.17. The van der Waals surface area contributed by atoms with Crippen molar-refractivity contribution in [2.24, 2.45) is 0 Å². The zero-order valence-corrected chi connectivity index (χ0v) is 19.4. The molecule has 0 saturated heterocycles. The van der Waals surface area contributed by atoms with Gasteiger partial charge in [0.15, 0.2) is 0 Å². The van der Waals surface area contributed by atoms with Crippen molar-refractivity contribution >= 4 is 44.9 Å². The highest BCUT2D eigenvalue weighted by molar-refractivity contribution is 8.00. The van der Waals surface area contributed by atoms with Crippen molar-refractivity contribution < 1.29 is 4.79 Å². The van der Waals surface area contributed by atoms with E-state index in [-0.39, 0.29) is 11.7 Å². The topological polar surface area (TPSA) is 67.8 Å². The molecule has 7 heteroatoms. The summed E-state index contributed by atoms with van der Waals surface area (Å²) in [4.78, 5) is 17.4. The van der Waals surface area contributed by atoms with Gasteiger partial charge >= 0.3 is 0 Å². The third-order valence-electron chi connectivity index (χ3n) is 5.04. The minimum atomic E-state index is -0.0466. The van der Waals surface area contributed by atoms with E-state index in [2.05, 4.69) is 46.5 Å². The third kappa shape index (κ3) is 4.62. The third-order valence-corrected chi connectivity index (χ3v) is 6.98. The van der Waals surface area contributed by atoms with E-state index in [9.17, 15) is 4.79 Å². The van der Waals surface area contributed by atoms with Crippen molar-refractivity contribution in [3.8, 4) is 11.3 Å². The van der Waals surface area contributed by atoms with Gasteiger partial charge in [-0.05, 0) is 30.9 Å². The molecule has 0 aliphatic heterocycles. The van der Waals surface area contributed by atoms with Gasteiger partial charge in [0.1, 0.15) is 16.2 Å². The average molecular weight is 449 g/mol. The number of hydrogen-bond donors (Lipinski definition) is 1. The molecule has 2 heterocycles. The van der Waals surface area contributed by atoms with Crippen LogP contribution in [0.2, 0.25) is 0 Å². The van der Waals surface area contributed by atoms with Crippen LogP contribution in [0.25, 0.3) is 21.5 Å². The van der Waals surface area contributed by atoms with E-state index in [1.807, 2.05) is 43.3 Å². The van der Waals surface area contributed by atoms with Crippen LogP contribution in [0.4, 0.5) is 5.69 Å². The lowest BCUT2D eigenvalue weighted by molar-refractivity contribution is -0.113. The number of amides is 1. The van der Waals surface area contributed by atoms with E-state index in [0.717, 1.165) is 56.1 Å². The van der Waals surface area contributed by atoms with Gasteiger partial charge in [-0.15, -0.1) is 21.5 Å². The fraction of sp³-hybridized carbons (Fsp3) is 0.250. The number of aromatic nitrogens is 3. The predicted molar refractivity (Wildman–Crippen MR) is 130 cm³/mol. The van der Waals surface area contributed by atoms with E-state index in [0.29, 0.717) is 5.03 Å². The molecule has 2 aromatic heterocycles. The lowest BCUT2D eigenvalue weighted by atomic mass is 10.0. The van der Waals surface area contributed by atoms with Crippen molar-refractivity contribution in [3.05, 3.63) is 64.7 Å². The minimum absolute atomic E-state index is 0.0466. The lowest BCUT2D eigenvalue weighted by Crippen LogP contribution is -2.17. The summed E-state index contributed by atoms with van der Waals surface area (Å²) < 4.78 is 1.01. The Labute approximate surface area is 190 Å². The number of para-hydroxylation sites is 1. The molecule has 0 aliphatic rings. The van der Waals surface area contributed by atoms with Crippen molar-refractivity contribution in [1.29, 1.82) is 0 Å². The monoisotopic (exact) mass is 448 g/mol. The summed E-state index contributed by atoms with van der Waals surface area (Å²) in [5.74, 6) is 0.210. The van der Waals surface area contributed by atoms with Gasteiger partial charge in [0.25, 0.3) is 0 Å². The van der Waals surface area contributed by atoms with Crippen LogP contribution in [0.3, 0.4) is 0 Å². The van der Waals surface area contributed by atoms with E-state index in [4.69, 9.17) is 0 Å². The number of thiazole rings is 1. The normalized spacial score (nSPS) is 11.1. The lowest BCUT2D eigenvalue weighted by Gasteiger charge is -2.14. The number of thioether (sulfide) groups is 1. The van der Waals surface area contributed by atoms with Crippen LogP contribution in [-0.2, 0) is 17.6 Å². The highest BCUT2D eigenvalue weighted by Crippen LogP contribution is 2.35. The Balaban J connectivity index is 1.56. The van der Waals surface area contributed by atoms with Crippen LogP contribution in [0.1, 0.15) is 30.0 Å². The number of aryl methyl sites for hydroxylation is 3. The van der Waals surface area contributed by atoms with E-state index < -0.39 is 0 Å². The number of benzene rings is 2. The standard InChI is InChI=1S/C24H24N4OS2/c1-4-16-12-9-13-17(5-2)20(16)26-19(29)14-30-24-22-23(31-15(3)25-22)21(27-28-24)18-10-7-6-8-11-18/h6-13H,4-5,14H2,1-3H3,(H,26,29). The molecule has 2 aromatic carbocycles. The molecule has 0 spiro atoms. The van der Waals surface area contributed by atoms with E-state index >= 15 is 0 Å². The molecular formula is C24H24N4OS2. The highest BCUT2D eigenvalue weighted by atomic mass is 32.2. The number of carbonyl (C=O) groups is 1. The van der Waals surface area contributed by atoms with Crippen molar-refractivity contribution in [3.63, 3.8) is 0 Å². The van der Waals surface area contributed by atoms with Gasteiger partial charge in [-0.3, -0.25) is 4.79 Å². The maximum absolute atomic E-state index is 12.8. The number of fused-ring (bicyclic) bond motifs is 1. The Morgan fingerprint density at radius 3 is 2.39 bits per heavy atom. The summed E-state index contributed by atoms with van der Waals surface area (Å²) >= 11 is 2.99. The van der Waals surface area contributed by atoms with Gasteiger partial charge < -0.3 is 5.32 Å². The van der Waals surface area contributed by atoms with Crippen LogP contribution in [0.15, 0.2) is 53.6 Å². The van der Waals surface area contributed by atoms with Gasteiger partial charge in [0.05, 0.1) is 15.5 Å². The summed E-state index contributed by atoms with van der Waals surface area (Å²) in [7, 11) is 0. The molecular weight excluding hydrogens is 424 g/mol. The van der Waals surface area contributed by atoms with E-state index in [1.165, 1.54) is 11.8 Å². The fourth-order valence-electron chi connectivity index (χ4n) is 3.52. The Hall–Kier alpha value is -2.77. The van der Waals surface area contributed by atoms with Crippen LogP contribution in [-0.4, -0.2) is 26.8 Å². The van der Waals surface area contributed by atoms with Crippen LogP contribution >= 0.6 is 23.1 Å². The molecule has 0 fully saturated rings. The number of carbonyl (C=O) groups excluding carboxylic acids is 1. The maximum atomic E-state index is 12.8. The summed E-state index contributed by atoms with van der Waals surface area (Å²) in [6, 6.07) is 16.2. The Morgan fingerprint density at radius 1 is 1.00 bits per heavy atom. The van der Waals surface area contributed by atoms with Crippen LogP contribution in [0, 0.1) is 6.92 Å². The molecule has 31 heavy (non-hydrogen) atoms. The minimum Gasteiger partial charge on any atom is -0.325 e. The Morgan fingerprint density at radius 2 is 1.71 bits per heavy atom. The van der Waals surface area contributed by atoms with Crippen molar-refractivity contribution in [2.75, 3.05) is 11.1 Å². The second-order valence-electron chi connectivity index (χ2n) is 7.13. The number of hydrogen-bond acceptors (Lipinski definition) is 6. The van der Waals surface area contributed by atoms with Gasteiger partial charge in [0, 0.05) is 11.3 Å². The summed E-state index contributed by atoms with van der Waals surface area (Å²) in [6.07, 6.45) is 1.75. The first-order valence-electron chi connectivity index (χ1n) is 10.3. The smallest absolute Gasteiger partial charge is 0.234 e. The number of nitrogens with one attached hydrogen (secondary N) is 1. The largest absolute Gasteiger partial charge is 0.325 e. The molecule has 1 amide bonds. The molecule has 0 atom stereocenters. The SMILES string of the molecule is CCc1cccc(CC)c1NC(=O)CSc1nnc(-c2ccccc2)c2sc(C)nc12.